The van der Waals surface area contributed by atoms with E-state index in [0.717, 1.165) is 4.57 Å². The minimum atomic E-state index is -0.434. The summed E-state index contributed by atoms with van der Waals surface area (Å²) in [6, 6.07) is 6.52. The molecule has 0 saturated heterocycles. The number of halogens is 1. The van der Waals surface area contributed by atoms with Gasteiger partial charge in [0.25, 0.3) is 5.56 Å². The Morgan fingerprint density at radius 3 is 2.48 bits per heavy atom. The molecule has 23 heavy (non-hydrogen) atoms. The van der Waals surface area contributed by atoms with Crippen molar-refractivity contribution in [1.29, 1.82) is 0 Å². The summed E-state index contributed by atoms with van der Waals surface area (Å²) in [6.07, 6.45) is 0. The van der Waals surface area contributed by atoms with E-state index in [2.05, 4.69) is 4.98 Å². The first-order chi connectivity index (χ1) is 10.9. The zero-order valence-corrected chi connectivity index (χ0v) is 13.7. The molecule has 0 fully saturated rings. The molecule has 3 aromatic rings. The van der Waals surface area contributed by atoms with Gasteiger partial charge in [-0.1, -0.05) is 30.0 Å². The minimum Gasteiger partial charge on any atom is -0.308 e. The molecule has 2 aromatic heterocycles. The van der Waals surface area contributed by atoms with Crippen LogP contribution < -0.4 is 11.2 Å². The summed E-state index contributed by atoms with van der Waals surface area (Å²) >= 11 is 1.32. The third-order valence-corrected chi connectivity index (χ3v) is 4.82. The van der Waals surface area contributed by atoms with Crippen LogP contribution in [0.15, 0.2) is 39.0 Å². The highest BCUT2D eigenvalue weighted by Gasteiger charge is 2.17. The van der Waals surface area contributed by atoms with Crippen molar-refractivity contribution in [2.75, 3.05) is 0 Å². The molecular formula is C15H15FN4O2S. The highest BCUT2D eigenvalue weighted by atomic mass is 32.2. The van der Waals surface area contributed by atoms with Crippen LogP contribution in [0.2, 0.25) is 0 Å². The second kappa shape index (κ2) is 5.69. The van der Waals surface area contributed by atoms with Crippen LogP contribution in [-0.2, 0) is 26.9 Å². The largest absolute Gasteiger partial charge is 0.332 e. The molecule has 8 heteroatoms. The van der Waals surface area contributed by atoms with Gasteiger partial charge in [-0.25, -0.2) is 14.2 Å². The van der Waals surface area contributed by atoms with E-state index in [4.69, 9.17) is 0 Å². The van der Waals surface area contributed by atoms with Crippen LogP contribution in [-0.4, -0.2) is 18.7 Å². The van der Waals surface area contributed by atoms with Crippen molar-refractivity contribution in [2.45, 2.75) is 10.9 Å². The first-order valence-electron chi connectivity index (χ1n) is 6.90. The highest BCUT2D eigenvalue weighted by Crippen LogP contribution is 2.24. The van der Waals surface area contributed by atoms with Crippen LogP contribution >= 0.6 is 11.8 Å². The number of hydrogen-bond acceptors (Lipinski definition) is 4. The van der Waals surface area contributed by atoms with Crippen molar-refractivity contribution in [3.63, 3.8) is 0 Å². The van der Waals surface area contributed by atoms with Crippen LogP contribution in [0.1, 0.15) is 5.56 Å². The van der Waals surface area contributed by atoms with Gasteiger partial charge in [-0.05, 0) is 11.6 Å². The van der Waals surface area contributed by atoms with Gasteiger partial charge >= 0.3 is 5.69 Å². The number of benzene rings is 1. The summed E-state index contributed by atoms with van der Waals surface area (Å²) in [7, 11) is 4.75. The Morgan fingerprint density at radius 1 is 1.09 bits per heavy atom. The number of thioether (sulfide) groups is 1. The SMILES string of the molecule is Cn1c(=O)c2nc(SCc3ccccc3F)n(C)c2n(C)c1=O. The Hall–Kier alpha value is -2.35. The minimum absolute atomic E-state index is 0.230. The molecule has 0 aliphatic carbocycles. The Balaban J connectivity index is 2.07. The number of aromatic nitrogens is 4. The number of fused-ring (bicyclic) bond motifs is 1. The fourth-order valence-electron chi connectivity index (χ4n) is 2.45. The summed E-state index contributed by atoms with van der Waals surface area (Å²) in [6.45, 7) is 0. The smallest absolute Gasteiger partial charge is 0.308 e. The van der Waals surface area contributed by atoms with Crippen LogP contribution in [0.25, 0.3) is 11.2 Å². The van der Waals surface area contributed by atoms with E-state index in [0.29, 0.717) is 22.1 Å². The van der Waals surface area contributed by atoms with Crippen molar-refractivity contribution in [3.05, 3.63) is 56.5 Å². The van der Waals surface area contributed by atoms with E-state index in [1.165, 1.54) is 29.4 Å². The molecule has 0 atom stereocenters. The van der Waals surface area contributed by atoms with Gasteiger partial charge in [0.1, 0.15) is 5.82 Å². The van der Waals surface area contributed by atoms with Gasteiger partial charge in [0.05, 0.1) is 0 Å². The number of nitrogens with zero attached hydrogens (tertiary/aromatic N) is 4. The average Bonchev–Trinajstić information content (AvgIpc) is 2.87. The molecule has 0 aliphatic rings. The molecule has 3 rings (SSSR count). The molecule has 0 saturated carbocycles. The summed E-state index contributed by atoms with van der Waals surface area (Å²) < 4.78 is 17.8. The monoisotopic (exact) mass is 334 g/mol. The molecule has 2 heterocycles. The van der Waals surface area contributed by atoms with E-state index in [1.807, 2.05) is 0 Å². The maximum Gasteiger partial charge on any atom is 0.332 e. The zero-order chi connectivity index (χ0) is 16.7. The maximum atomic E-state index is 13.7. The molecule has 1 aromatic carbocycles. The van der Waals surface area contributed by atoms with E-state index in [9.17, 15) is 14.0 Å². The fraction of sp³-hybridized carbons (Fsp3) is 0.267. The Morgan fingerprint density at radius 2 is 1.78 bits per heavy atom. The van der Waals surface area contributed by atoms with Crippen molar-refractivity contribution in [2.24, 2.45) is 21.1 Å². The van der Waals surface area contributed by atoms with Crippen LogP contribution in [0.4, 0.5) is 4.39 Å². The van der Waals surface area contributed by atoms with Crippen LogP contribution in [0, 0.1) is 5.82 Å². The highest BCUT2D eigenvalue weighted by molar-refractivity contribution is 7.98. The predicted molar refractivity (Wildman–Crippen MR) is 87.2 cm³/mol. The Bertz CT molecular complexity index is 1020. The lowest BCUT2D eigenvalue weighted by Gasteiger charge is -2.06. The normalized spacial score (nSPS) is 11.3. The number of imidazole rings is 1. The molecule has 0 spiro atoms. The second-order valence-corrected chi connectivity index (χ2v) is 6.15. The van der Waals surface area contributed by atoms with E-state index in [-0.39, 0.29) is 11.3 Å². The number of rotatable bonds is 3. The van der Waals surface area contributed by atoms with Gasteiger partial charge in [-0.3, -0.25) is 13.9 Å². The van der Waals surface area contributed by atoms with Gasteiger partial charge in [-0.2, -0.15) is 0 Å². The van der Waals surface area contributed by atoms with Gasteiger partial charge in [-0.15, -0.1) is 0 Å². The Labute approximate surface area is 135 Å². The molecule has 0 bridgehead atoms. The third kappa shape index (κ3) is 2.48. The first-order valence-corrected chi connectivity index (χ1v) is 7.89. The average molecular weight is 334 g/mol. The van der Waals surface area contributed by atoms with Crippen molar-refractivity contribution < 1.29 is 4.39 Å². The lowest BCUT2D eigenvalue weighted by atomic mass is 10.2. The van der Waals surface area contributed by atoms with E-state index >= 15 is 0 Å². The molecule has 0 unspecified atom stereocenters. The van der Waals surface area contributed by atoms with Gasteiger partial charge in [0.2, 0.25) is 0 Å². The molecule has 0 radical (unpaired) electrons. The van der Waals surface area contributed by atoms with E-state index in [1.54, 1.807) is 36.9 Å². The molecular weight excluding hydrogens is 319 g/mol. The summed E-state index contributed by atoms with van der Waals surface area (Å²) in [5, 5.41) is 0.557. The third-order valence-electron chi connectivity index (χ3n) is 3.74. The van der Waals surface area contributed by atoms with Gasteiger partial charge in [0, 0.05) is 26.9 Å². The predicted octanol–water partition coefficient (Wildman–Crippen LogP) is 1.40. The molecule has 120 valence electrons. The lowest BCUT2D eigenvalue weighted by Crippen LogP contribution is -2.37. The summed E-state index contributed by atoms with van der Waals surface area (Å²) in [5.74, 6) is 0.111. The quantitative estimate of drug-likeness (QED) is 0.680. The molecule has 0 amide bonds. The van der Waals surface area contributed by atoms with Crippen molar-refractivity contribution >= 4 is 22.9 Å². The molecule has 6 nitrogen and oxygen atoms in total. The van der Waals surface area contributed by atoms with Crippen molar-refractivity contribution in [3.8, 4) is 0 Å². The Kier molecular flexibility index (Phi) is 3.85. The first kappa shape index (κ1) is 15.5. The summed E-state index contributed by atoms with van der Waals surface area (Å²) in [5.41, 5.74) is 0.404. The van der Waals surface area contributed by atoms with Gasteiger partial charge in [0.15, 0.2) is 16.3 Å². The molecule has 0 aliphatic heterocycles. The summed E-state index contributed by atoms with van der Waals surface area (Å²) in [4.78, 5) is 28.5. The maximum absolute atomic E-state index is 13.7. The lowest BCUT2D eigenvalue weighted by molar-refractivity contribution is 0.617. The molecule has 0 N–H and O–H groups in total. The standard InChI is InChI=1S/C15H15FN4O2S/c1-18-12-11(13(21)20(3)15(22)19(12)2)17-14(18)23-8-9-6-4-5-7-10(9)16/h4-7H,8H2,1-3H3. The van der Waals surface area contributed by atoms with Crippen molar-refractivity contribution in [1.82, 2.24) is 18.7 Å². The van der Waals surface area contributed by atoms with Crippen LogP contribution in [0.3, 0.4) is 0 Å². The zero-order valence-electron chi connectivity index (χ0n) is 12.9. The van der Waals surface area contributed by atoms with E-state index < -0.39 is 11.2 Å². The number of hydrogen-bond donors (Lipinski definition) is 0. The fourth-order valence-corrected chi connectivity index (χ4v) is 3.40. The number of aryl methyl sites for hydroxylation is 2. The second-order valence-electron chi connectivity index (χ2n) is 5.21. The topological polar surface area (TPSA) is 61.8 Å². The van der Waals surface area contributed by atoms with Crippen LogP contribution in [0.5, 0.6) is 0 Å². The van der Waals surface area contributed by atoms with Gasteiger partial charge < -0.3 is 4.57 Å².